The lowest BCUT2D eigenvalue weighted by Gasteiger charge is -2.25. The predicted molar refractivity (Wildman–Crippen MR) is 165 cm³/mol. The van der Waals surface area contributed by atoms with Gasteiger partial charge in [0.05, 0.1) is 0 Å². The third kappa shape index (κ3) is 2.90. The lowest BCUT2D eigenvalue weighted by atomic mass is 9.87. The number of fused-ring (bicyclic) bond motifs is 8. The Labute approximate surface area is 225 Å². The van der Waals surface area contributed by atoms with Crippen molar-refractivity contribution in [1.82, 2.24) is 0 Å². The van der Waals surface area contributed by atoms with E-state index < -0.39 is 0 Å². The molecule has 0 unspecified atom stereocenters. The lowest BCUT2D eigenvalue weighted by Crippen LogP contribution is -1.99. The zero-order valence-corrected chi connectivity index (χ0v) is 21.1. The average Bonchev–Trinajstić information content (AvgIpc) is 2.99. The molecule has 180 valence electrons. The van der Waals surface area contributed by atoms with Crippen molar-refractivity contribution in [3.63, 3.8) is 0 Å². The summed E-state index contributed by atoms with van der Waals surface area (Å²) in [5, 5.41) is 12.4. The van der Waals surface area contributed by atoms with Crippen LogP contribution in [0.3, 0.4) is 0 Å². The van der Waals surface area contributed by atoms with Crippen molar-refractivity contribution in [2.45, 2.75) is 0 Å². The Hall–Kier alpha value is -5.14. The van der Waals surface area contributed by atoms with Gasteiger partial charge in [0, 0.05) is 16.5 Å². The smallest absolute Gasteiger partial charge is 0.143 e. The van der Waals surface area contributed by atoms with Gasteiger partial charge < -0.3 is 4.74 Å². The van der Waals surface area contributed by atoms with Crippen LogP contribution < -0.4 is 4.74 Å². The summed E-state index contributed by atoms with van der Waals surface area (Å²) in [6.45, 7) is 0. The summed E-state index contributed by atoms with van der Waals surface area (Å²) in [5.41, 5.74) is 4.69. The van der Waals surface area contributed by atoms with Gasteiger partial charge in [0.15, 0.2) is 0 Å². The largest absolute Gasteiger partial charge is 0.455 e. The zero-order chi connectivity index (χ0) is 25.5. The molecule has 39 heavy (non-hydrogen) atoms. The molecule has 1 aliphatic rings. The molecular weight excluding hydrogens is 472 g/mol. The number of rotatable bonds is 1. The molecule has 0 amide bonds. The van der Waals surface area contributed by atoms with E-state index in [1.54, 1.807) is 0 Å². The van der Waals surface area contributed by atoms with Gasteiger partial charge in [-0.15, -0.1) is 0 Å². The minimum atomic E-state index is 0.926. The number of para-hydroxylation sites is 1. The molecule has 0 aromatic heterocycles. The summed E-state index contributed by atoms with van der Waals surface area (Å²) in [5.74, 6) is 1.86. The standard InChI is InChI=1S/C38H22O/c1-2-9-25-21-34-27(20-24(25)8-1)19-18-23-11-5-13-30(36(23)34)32-16-7-17-33-31-15-6-14-29-28-12-4-3-10-26(28)22-35(37(29)31)39-38(32)33/h1-22H. The Morgan fingerprint density at radius 1 is 0.333 bits per heavy atom. The molecule has 0 aliphatic carbocycles. The second-order valence-corrected chi connectivity index (χ2v) is 10.5. The van der Waals surface area contributed by atoms with Crippen molar-refractivity contribution < 1.29 is 4.74 Å². The second-order valence-electron chi connectivity index (χ2n) is 10.5. The van der Waals surface area contributed by atoms with Crippen molar-refractivity contribution in [3.05, 3.63) is 133 Å². The molecule has 0 saturated carbocycles. The minimum Gasteiger partial charge on any atom is -0.455 e. The van der Waals surface area contributed by atoms with Gasteiger partial charge >= 0.3 is 0 Å². The van der Waals surface area contributed by atoms with Crippen LogP contribution in [0.4, 0.5) is 0 Å². The van der Waals surface area contributed by atoms with E-state index >= 15 is 0 Å². The molecule has 1 aliphatic heterocycles. The van der Waals surface area contributed by atoms with Crippen LogP contribution in [0.5, 0.6) is 11.5 Å². The maximum Gasteiger partial charge on any atom is 0.143 e. The normalized spacial score (nSPS) is 12.3. The van der Waals surface area contributed by atoms with Gasteiger partial charge in [0.25, 0.3) is 0 Å². The topological polar surface area (TPSA) is 9.23 Å². The maximum absolute atomic E-state index is 6.87. The van der Waals surface area contributed by atoms with Gasteiger partial charge in [-0.1, -0.05) is 115 Å². The van der Waals surface area contributed by atoms with E-state index in [4.69, 9.17) is 4.74 Å². The van der Waals surface area contributed by atoms with Crippen LogP contribution in [0.1, 0.15) is 0 Å². The zero-order valence-electron chi connectivity index (χ0n) is 21.1. The van der Waals surface area contributed by atoms with Crippen LogP contribution in [0.2, 0.25) is 0 Å². The molecular formula is C38H22O. The van der Waals surface area contributed by atoms with E-state index in [1.165, 1.54) is 65.0 Å². The Balaban J connectivity index is 1.37. The van der Waals surface area contributed by atoms with Crippen molar-refractivity contribution in [1.29, 1.82) is 0 Å². The van der Waals surface area contributed by atoms with E-state index in [0.29, 0.717) is 0 Å². The highest BCUT2D eigenvalue weighted by atomic mass is 16.5. The molecule has 1 heteroatoms. The highest BCUT2D eigenvalue weighted by Crippen LogP contribution is 2.52. The summed E-state index contributed by atoms with van der Waals surface area (Å²) in [4.78, 5) is 0. The molecule has 0 radical (unpaired) electrons. The molecule has 0 atom stereocenters. The second kappa shape index (κ2) is 7.69. The summed E-state index contributed by atoms with van der Waals surface area (Å²) >= 11 is 0. The monoisotopic (exact) mass is 494 g/mol. The molecule has 0 N–H and O–H groups in total. The predicted octanol–water partition coefficient (Wildman–Crippen LogP) is 10.9. The van der Waals surface area contributed by atoms with Gasteiger partial charge in [-0.25, -0.2) is 0 Å². The Kier molecular flexibility index (Phi) is 4.11. The molecule has 0 fully saturated rings. The number of hydrogen-bond acceptors (Lipinski definition) is 1. The van der Waals surface area contributed by atoms with Gasteiger partial charge in [0.2, 0.25) is 0 Å². The average molecular weight is 495 g/mol. The summed E-state index contributed by atoms with van der Waals surface area (Å²) in [6.07, 6.45) is 0. The maximum atomic E-state index is 6.87. The first-order valence-corrected chi connectivity index (χ1v) is 13.4. The highest BCUT2D eigenvalue weighted by Gasteiger charge is 2.25. The van der Waals surface area contributed by atoms with Crippen LogP contribution in [0, 0.1) is 0 Å². The van der Waals surface area contributed by atoms with Gasteiger partial charge in [-0.05, 0) is 77.8 Å². The Morgan fingerprint density at radius 2 is 0.897 bits per heavy atom. The molecule has 9 rings (SSSR count). The molecule has 8 aromatic carbocycles. The van der Waals surface area contributed by atoms with Gasteiger partial charge in [-0.2, -0.15) is 0 Å². The van der Waals surface area contributed by atoms with E-state index in [1.807, 2.05) is 0 Å². The van der Waals surface area contributed by atoms with Crippen molar-refractivity contribution >= 4 is 53.9 Å². The third-order valence-electron chi connectivity index (χ3n) is 8.38. The molecule has 0 bridgehead atoms. The van der Waals surface area contributed by atoms with Crippen LogP contribution in [0.15, 0.2) is 133 Å². The molecule has 8 aromatic rings. The molecule has 1 heterocycles. The third-order valence-corrected chi connectivity index (χ3v) is 8.38. The van der Waals surface area contributed by atoms with E-state index in [-0.39, 0.29) is 0 Å². The summed E-state index contributed by atoms with van der Waals surface area (Å²) < 4.78 is 6.87. The summed E-state index contributed by atoms with van der Waals surface area (Å²) in [6, 6.07) is 48.3. The Bertz CT molecular complexity index is 2310. The summed E-state index contributed by atoms with van der Waals surface area (Å²) in [7, 11) is 0. The van der Waals surface area contributed by atoms with Crippen LogP contribution >= 0.6 is 0 Å². The quantitative estimate of drug-likeness (QED) is 0.163. The van der Waals surface area contributed by atoms with Gasteiger partial charge in [-0.3, -0.25) is 0 Å². The molecule has 1 nitrogen and oxygen atoms in total. The van der Waals surface area contributed by atoms with Gasteiger partial charge in [0.1, 0.15) is 11.5 Å². The number of ether oxygens (including phenoxy) is 1. The molecule has 0 spiro atoms. The fraction of sp³-hybridized carbons (Fsp3) is 0. The number of benzene rings is 8. The van der Waals surface area contributed by atoms with E-state index in [9.17, 15) is 0 Å². The first-order valence-electron chi connectivity index (χ1n) is 13.4. The van der Waals surface area contributed by atoms with Crippen LogP contribution in [-0.2, 0) is 0 Å². The SMILES string of the molecule is c1cc2c(c(-c3cccc4ccc5cc6ccccc6cc5c34)c1)Oc1cc3ccccc3c3cccc-2c13. The van der Waals surface area contributed by atoms with Crippen LogP contribution in [-0.4, -0.2) is 0 Å². The van der Waals surface area contributed by atoms with Crippen molar-refractivity contribution in [2.75, 3.05) is 0 Å². The first-order chi connectivity index (χ1) is 19.3. The highest BCUT2D eigenvalue weighted by molar-refractivity contribution is 6.20. The van der Waals surface area contributed by atoms with Crippen LogP contribution in [0.25, 0.3) is 76.1 Å². The fourth-order valence-electron chi connectivity index (χ4n) is 6.64. The molecule has 0 saturated heterocycles. The fourth-order valence-corrected chi connectivity index (χ4v) is 6.64. The number of hydrogen-bond donors (Lipinski definition) is 0. The Morgan fingerprint density at radius 3 is 1.74 bits per heavy atom. The van der Waals surface area contributed by atoms with E-state index in [2.05, 4.69) is 133 Å². The van der Waals surface area contributed by atoms with Crippen molar-refractivity contribution in [2.24, 2.45) is 0 Å². The van der Waals surface area contributed by atoms with Crippen molar-refractivity contribution in [3.8, 4) is 33.8 Å². The van der Waals surface area contributed by atoms with E-state index in [0.717, 1.165) is 22.6 Å². The first kappa shape index (κ1) is 20.9. The minimum absolute atomic E-state index is 0.926. The lowest BCUT2D eigenvalue weighted by molar-refractivity contribution is 0.489.